The lowest BCUT2D eigenvalue weighted by Gasteiger charge is -2.31. The first-order chi connectivity index (χ1) is 8.13. The minimum absolute atomic E-state index is 0.359. The van der Waals surface area contributed by atoms with Crippen molar-refractivity contribution in [2.75, 3.05) is 25.2 Å². The summed E-state index contributed by atoms with van der Waals surface area (Å²) in [6, 6.07) is 6.82. The van der Waals surface area contributed by atoms with Crippen LogP contribution < -0.4 is 10.6 Å². The Morgan fingerprint density at radius 1 is 1.41 bits per heavy atom. The average molecular weight is 236 g/mol. The molecule has 1 aromatic carbocycles. The zero-order chi connectivity index (χ0) is 12.8. The molecule has 3 heteroatoms. The summed E-state index contributed by atoms with van der Waals surface area (Å²) in [6.07, 6.45) is 0. The first-order valence-corrected chi connectivity index (χ1v) is 6.19. The summed E-state index contributed by atoms with van der Waals surface area (Å²) in [6.45, 7) is 8.69. The average Bonchev–Trinajstić information content (AvgIpc) is 2.32. The van der Waals surface area contributed by atoms with E-state index in [2.05, 4.69) is 43.9 Å². The summed E-state index contributed by atoms with van der Waals surface area (Å²) < 4.78 is 5.23. The van der Waals surface area contributed by atoms with Crippen LogP contribution in [0.1, 0.15) is 25.0 Å². The van der Waals surface area contributed by atoms with E-state index >= 15 is 0 Å². The molecule has 0 fully saturated rings. The van der Waals surface area contributed by atoms with Crippen molar-refractivity contribution in [3.8, 4) is 0 Å². The normalized spacial score (nSPS) is 12.5. The first kappa shape index (κ1) is 14.0. The van der Waals surface area contributed by atoms with Crippen LogP contribution in [0.2, 0.25) is 0 Å². The van der Waals surface area contributed by atoms with Crippen LogP contribution >= 0.6 is 0 Å². The molecule has 96 valence electrons. The molecule has 0 saturated carbocycles. The number of aryl methyl sites for hydroxylation is 1. The predicted octanol–water partition coefficient (Wildman–Crippen LogP) is 2.31. The third-order valence-electron chi connectivity index (χ3n) is 3.04. The number of hydrogen-bond acceptors (Lipinski definition) is 3. The monoisotopic (exact) mass is 236 g/mol. The number of ether oxygens (including phenoxy) is 1. The van der Waals surface area contributed by atoms with E-state index in [1.807, 2.05) is 0 Å². The first-order valence-electron chi connectivity index (χ1n) is 6.19. The van der Waals surface area contributed by atoms with Gasteiger partial charge >= 0.3 is 0 Å². The van der Waals surface area contributed by atoms with Gasteiger partial charge in [-0.3, -0.25) is 0 Å². The molecule has 0 aliphatic rings. The van der Waals surface area contributed by atoms with E-state index in [1.54, 1.807) is 7.11 Å². The molecule has 0 saturated heterocycles. The smallest absolute Gasteiger partial charge is 0.0663 e. The summed E-state index contributed by atoms with van der Waals surface area (Å²) >= 11 is 0. The van der Waals surface area contributed by atoms with Crippen LogP contribution in [0.3, 0.4) is 0 Å². The number of benzene rings is 1. The van der Waals surface area contributed by atoms with E-state index in [1.165, 1.54) is 16.8 Å². The fraction of sp³-hybridized carbons (Fsp3) is 0.571. The third kappa shape index (κ3) is 3.45. The number of hydrogen-bond donors (Lipinski definition) is 1. The molecule has 3 nitrogen and oxygen atoms in total. The van der Waals surface area contributed by atoms with Crippen LogP contribution in [0.25, 0.3) is 0 Å². The van der Waals surface area contributed by atoms with Gasteiger partial charge in [0, 0.05) is 31.9 Å². The molecule has 1 aromatic rings. The van der Waals surface area contributed by atoms with Gasteiger partial charge in [0.25, 0.3) is 0 Å². The van der Waals surface area contributed by atoms with Gasteiger partial charge in [-0.25, -0.2) is 0 Å². The van der Waals surface area contributed by atoms with Crippen LogP contribution in [-0.2, 0) is 11.3 Å². The Labute approximate surface area is 105 Å². The Kier molecular flexibility index (Phi) is 5.45. The van der Waals surface area contributed by atoms with Gasteiger partial charge in [0.1, 0.15) is 0 Å². The summed E-state index contributed by atoms with van der Waals surface area (Å²) in [5.41, 5.74) is 9.51. The number of nitrogens with two attached hydrogens (primary N) is 1. The van der Waals surface area contributed by atoms with Gasteiger partial charge in [-0.05, 0) is 32.4 Å². The molecule has 0 spiro atoms. The Bertz CT molecular complexity index is 352. The maximum Gasteiger partial charge on any atom is 0.0663 e. The van der Waals surface area contributed by atoms with Crippen LogP contribution in [0, 0.1) is 6.92 Å². The van der Waals surface area contributed by atoms with Crippen molar-refractivity contribution in [1.82, 2.24) is 0 Å². The minimum atomic E-state index is 0.359. The second-order valence-corrected chi connectivity index (χ2v) is 4.43. The zero-order valence-electron chi connectivity index (χ0n) is 11.4. The van der Waals surface area contributed by atoms with E-state index in [4.69, 9.17) is 10.5 Å². The summed E-state index contributed by atoms with van der Waals surface area (Å²) in [5, 5.41) is 0. The van der Waals surface area contributed by atoms with Crippen LogP contribution in [0.5, 0.6) is 0 Å². The lowest BCUT2D eigenvalue weighted by molar-refractivity contribution is 0.182. The number of rotatable bonds is 6. The molecule has 0 radical (unpaired) electrons. The van der Waals surface area contributed by atoms with Gasteiger partial charge < -0.3 is 15.4 Å². The van der Waals surface area contributed by atoms with E-state index in [0.29, 0.717) is 12.6 Å². The lowest BCUT2D eigenvalue weighted by atomic mass is 10.1. The highest BCUT2D eigenvalue weighted by Crippen LogP contribution is 2.23. The molecule has 2 N–H and O–H groups in total. The molecule has 1 unspecified atom stereocenters. The Balaban J connectivity index is 3.02. The quantitative estimate of drug-likeness (QED) is 0.823. The molecular weight excluding hydrogens is 212 g/mol. The molecule has 0 heterocycles. The lowest BCUT2D eigenvalue weighted by Crippen LogP contribution is -2.37. The minimum Gasteiger partial charge on any atom is -0.383 e. The number of nitrogens with zero attached hydrogens (tertiary/aromatic N) is 1. The number of methoxy groups -OCH3 is 1. The van der Waals surface area contributed by atoms with Gasteiger partial charge in [0.15, 0.2) is 0 Å². The number of likely N-dealkylation sites (N-methyl/N-ethyl adjacent to an activating group) is 1. The Morgan fingerprint density at radius 2 is 2.12 bits per heavy atom. The van der Waals surface area contributed by atoms with Crippen molar-refractivity contribution >= 4 is 5.69 Å². The van der Waals surface area contributed by atoms with E-state index < -0.39 is 0 Å². The van der Waals surface area contributed by atoms with Crippen molar-refractivity contribution in [2.24, 2.45) is 5.73 Å². The Hall–Kier alpha value is -1.06. The van der Waals surface area contributed by atoms with E-state index in [0.717, 1.165) is 13.2 Å². The summed E-state index contributed by atoms with van der Waals surface area (Å²) in [7, 11) is 1.74. The standard InChI is InChI=1S/C14H24N2O/c1-5-16(12(3)10-17-4)14-7-6-11(2)8-13(14)9-15/h6-8,12H,5,9-10,15H2,1-4H3. The highest BCUT2D eigenvalue weighted by molar-refractivity contribution is 5.55. The topological polar surface area (TPSA) is 38.5 Å². The van der Waals surface area contributed by atoms with Crippen molar-refractivity contribution in [2.45, 2.75) is 33.4 Å². The van der Waals surface area contributed by atoms with E-state index in [9.17, 15) is 0 Å². The Morgan fingerprint density at radius 3 is 2.65 bits per heavy atom. The van der Waals surface area contributed by atoms with Gasteiger partial charge in [-0.2, -0.15) is 0 Å². The van der Waals surface area contributed by atoms with Crippen molar-refractivity contribution in [1.29, 1.82) is 0 Å². The molecule has 1 atom stereocenters. The van der Waals surface area contributed by atoms with Gasteiger partial charge in [-0.15, -0.1) is 0 Å². The number of anilines is 1. The molecule has 0 bridgehead atoms. The fourth-order valence-electron chi connectivity index (χ4n) is 2.21. The predicted molar refractivity (Wildman–Crippen MR) is 73.4 cm³/mol. The van der Waals surface area contributed by atoms with Crippen LogP contribution in [0.15, 0.2) is 18.2 Å². The van der Waals surface area contributed by atoms with E-state index in [-0.39, 0.29) is 0 Å². The van der Waals surface area contributed by atoms with Crippen LogP contribution in [-0.4, -0.2) is 26.3 Å². The second-order valence-electron chi connectivity index (χ2n) is 4.43. The van der Waals surface area contributed by atoms with Gasteiger partial charge in [0.05, 0.1) is 6.61 Å². The molecule has 0 aliphatic carbocycles. The molecule has 0 aliphatic heterocycles. The van der Waals surface area contributed by atoms with Gasteiger partial charge in [0.2, 0.25) is 0 Å². The highest BCUT2D eigenvalue weighted by Gasteiger charge is 2.15. The van der Waals surface area contributed by atoms with Crippen molar-refractivity contribution in [3.63, 3.8) is 0 Å². The third-order valence-corrected chi connectivity index (χ3v) is 3.04. The maximum atomic E-state index is 5.83. The molecular formula is C14H24N2O. The van der Waals surface area contributed by atoms with Crippen LogP contribution in [0.4, 0.5) is 5.69 Å². The second kappa shape index (κ2) is 6.62. The molecule has 0 amide bonds. The van der Waals surface area contributed by atoms with Crippen molar-refractivity contribution < 1.29 is 4.74 Å². The maximum absolute atomic E-state index is 5.83. The van der Waals surface area contributed by atoms with Gasteiger partial charge in [-0.1, -0.05) is 17.7 Å². The summed E-state index contributed by atoms with van der Waals surface area (Å²) in [4.78, 5) is 2.34. The zero-order valence-corrected chi connectivity index (χ0v) is 11.4. The largest absolute Gasteiger partial charge is 0.383 e. The van der Waals surface area contributed by atoms with Crippen molar-refractivity contribution in [3.05, 3.63) is 29.3 Å². The SMILES string of the molecule is CCN(c1ccc(C)cc1CN)C(C)COC. The molecule has 1 rings (SSSR count). The molecule has 0 aromatic heterocycles. The summed E-state index contributed by atoms with van der Waals surface area (Å²) in [5.74, 6) is 0. The highest BCUT2D eigenvalue weighted by atomic mass is 16.5. The fourth-order valence-corrected chi connectivity index (χ4v) is 2.21. The molecule has 17 heavy (non-hydrogen) atoms.